The van der Waals surface area contributed by atoms with Gasteiger partial charge in [-0.1, -0.05) is 0 Å². The number of hydrogen-bond acceptors (Lipinski definition) is 3. The molecular weight excluding hydrogens is 185 g/mol. The van der Waals surface area contributed by atoms with Gasteiger partial charge in [0.25, 0.3) is 0 Å². The molecule has 1 atom stereocenters. The van der Waals surface area contributed by atoms with Crippen LogP contribution in [0.1, 0.15) is 6.92 Å². The highest BCUT2D eigenvalue weighted by Gasteiger charge is 2.51. The third kappa shape index (κ3) is 2.32. The molecule has 0 radical (unpaired) electrons. The molecule has 1 heterocycles. The number of β-amino-alcohol motifs (C(OH)–C–C–N with tert-alkyl or cyclic N) is 1. The molecule has 0 bridgehead atoms. The Morgan fingerprint density at radius 1 is 1.46 bits per heavy atom. The molecule has 3 nitrogen and oxygen atoms in total. The van der Waals surface area contributed by atoms with Crippen LogP contribution in [0.5, 0.6) is 0 Å². The fourth-order valence-corrected chi connectivity index (χ4v) is 1.26. The van der Waals surface area contributed by atoms with Gasteiger partial charge in [0.05, 0.1) is 0 Å². The molecule has 1 fully saturated rings. The molecule has 1 rings (SSSR count). The van der Waals surface area contributed by atoms with Gasteiger partial charge in [-0.3, -0.25) is 4.90 Å². The third-order valence-electron chi connectivity index (χ3n) is 2.13. The van der Waals surface area contributed by atoms with Crippen molar-refractivity contribution in [1.29, 1.82) is 0 Å². The Balaban J connectivity index is 2.43. The first-order chi connectivity index (χ1) is 5.72. The number of rotatable bonds is 2. The molecule has 13 heavy (non-hydrogen) atoms. The third-order valence-corrected chi connectivity index (χ3v) is 2.13. The zero-order chi connectivity index (χ0) is 10.3. The summed E-state index contributed by atoms with van der Waals surface area (Å²) in [6.07, 6.45) is -4.58. The number of likely N-dealkylation sites (tertiary alicyclic amines) is 1. The summed E-state index contributed by atoms with van der Waals surface area (Å²) in [5, 5.41) is 9.07. The number of nitrogens with zero attached hydrogens (tertiary/aromatic N) is 1. The van der Waals surface area contributed by atoms with Crippen molar-refractivity contribution in [3.63, 3.8) is 0 Å². The number of nitrogens with two attached hydrogens (primary N) is 1. The highest BCUT2D eigenvalue weighted by atomic mass is 19.4. The van der Waals surface area contributed by atoms with Gasteiger partial charge in [-0.2, -0.15) is 13.2 Å². The number of hydrogen-bond donors (Lipinski definition) is 2. The Kier molecular flexibility index (Phi) is 2.57. The van der Waals surface area contributed by atoms with E-state index in [2.05, 4.69) is 0 Å². The van der Waals surface area contributed by atoms with Crippen LogP contribution >= 0.6 is 0 Å². The van der Waals surface area contributed by atoms with Crippen molar-refractivity contribution in [3.8, 4) is 0 Å². The number of aliphatic hydroxyl groups is 1. The largest absolute Gasteiger partial charge is 0.418 e. The summed E-state index contributed by atoms with van der Waals surface area (Å²) < 4.78 is 36.4. The van der Waals surface area contributed by atoms with Gasteiger partial charge >= 0.3 is 6.18 Å². The summed E-state index contributed by atoms with van der Waals surface area (Å²) in [4.78, 5) is 1.48. The van der Waals surface area contributed by atoms with E-state index in [4.69, 9.17) is 10.8 Å². The Morgan fingerprint density at radius 3 is 2.23 bits per heavy atom. The Morgan fingerprint density at radius 2 is 1.92 bits per heavy atom. The molecule has 1 saturated heterocycles. The van der Waals surface area contributed by atoms with E-state index in [-0.39, 0.29) is 6.04 Å². The summed E-state index contributed by atoms with van der Waals surface area (Å²) >= 11 is 0. The van der Waals surface area contributed by atoms with E-state index in [0.29, 0.717) is 13.1 Å². The maximum absolute atomic E-state index is 12.1. The van der Waals surface area contributed by atoms with E-state index >= 15 is 0 Å². The standard InChI is InChI=1S/C7H13F3N2O/c1-6(13,7(8,9)10)4-12-2-5(11)3-12/h5,13H,2-4,11H2,1H3. The molecule has 78 valence electrons. The van der Waals surface area contributed by atoms with E-state index in [1.165, 1.54) is 4.90 Å². The van der Waals surface area contributed by atoms with Crippen LogP contribution in [0, 0.1) is 0 Å². The molecule has 1 aliphatic rings. The monoisotopic (exact) mass is 198 g/mol. The fourth-order valence-electron chi connectivity index (χ4n) is 1.26. The topological polar surface area (TPSA) is 49.5 Å². The smallest absolute Gasteiger partial charge is 0.380 e. The highest BCUT2D eigenvalue weighted by molar-refractivity contribution is 4.91. The molecule has 0 aromatic heterocycles. The summed E-state index contributed by atoms with van der Waals surface area (Å²) in [5.74, 6) is 0. The Bertz CT molecular complexity index is 187. The van der Waals surface area contributed by atoms with Gasteiger partial charge in [0.15, 0.2) is 5.60 Å². The molecule has 0 spiro atoms. The normalized spacial score (nSPS) is 25.4. The lowest BCUT2D eigenvalue weighted by atomic mass is 10.0. The predicted octanol–water partition coefficient (Wildman–Crippen LogP) is -0.0574. The zero-order valence-corrected chi connectivity index (χ0v) is 7.30. The number of alkyl halides is 3. The van der Waals surface area contributed by atoms with E-state index < -0.39 is 18.3 Å². The number of halogens is 3. The lowest BCUT2D eigenvalue weighted by Crippen LogP contribution is -2.62. The average Bonchev–Trinajstić information content (AvgIpc) is 1.80. The minimum Gasteiger partial charge on any atom is -0.380 e. The second-order valence-electron chi connectivity index (χ2n) is 3.73. The summed E-state index contributed by atoms with van der Waals surface area (Å²) in [6, 6.07) is -0.0518. The maximum Gasteiger partial charge on any atom is 0.418 e. The molecule has 0 saturated carbocycles. The van der Waals surface area contributed by atoms with Gasteiger partial charge in [-0.05, 0) is 6.92 Å². The molecule has 1 aliphatic heterocycles. The molecule has 3 N–H and O–H groups in total. The minimum absolute atomic E-state index is 0.0518. The van der Waals surface area contributed by atoms with Crippen molar-refractivity contribution in [2.45, 2.75) is 24.7 Å². The van der Waals surface area contributed by atoms with E-state index in [1.54, 1.807) is 0 Å². The minimum atomic E-state index is -4.58. The van der Waals surface area contributed by atoms with E-state index in [0.717, 1.165) is 6.92 Å². The highest BCUT2D eigenvalue weighted by Crippen LogP contribution is 2.31. The van der Waals surface area contributed by atoms with Crippen molar-refractivity contribution < 1.29 is 18.3 Å². The van der Waals surface area contributed by atoms with Gasteiger partial charge < -0.3 is 10.8 Å². The van der Waals surface area contributed by atoms with Crippen LogP contribution in [0.25, 0.3) is 0 Å². The maximum atomic E-state index is 12.1. The Hall–Kier alpha value is -0.330. The molecular formula is C7H13F3N2O. The Labute approximate surface area is 74.3 Å². The van der Waals surface area contributed by atoms with Crippen LogP contribution in [-0.4, -0.2) is 47.5 Å². The van der Waals surface area contributed by atoms with Crippen molar-refractivity contribution in [1.82, 2.24) is 4.90 Å². The van der Waals surface area contributed by atoms with Gasteiger partial charge in [0.2, 0.25) is 0 Å². The second kappa shape index (κ2) is 3.11. The summed E-state index contributed by atoms with van der Waals surface area (Å²) in [6.45, 7) is 1.22. The lowest BCUT2D eigenvalue weighted by molar-refractivity contribution is -0.259. The quantitative estimate of drug-likeness (QED) is 0.653. The molecule has 6 heteroatoms. The second-order valence-corrected chi connectivity index (χ2v) is 3.73. The van der Waals surface area contributed by atoms with Gasteiger partial charge in [-0.15, -0.1) is 0 Å². The fraction of sp³-hybridized carbons (Fsp3) is 1.00. The van der Waals surface area contributed by atoms with Crippen LogP contribution in [-0.2, 0) is 0 Å². The van der Waals surface area contributed by atoms with Crippen molar-refractivity contribution in [3.05, 3.63) is 0 Å². The SMILES string of the molecule is CC(O)(CN1CC(N)C1)C(F)(F)F. The van der Waals surface area contributed by atoms with Crippen molar-refractivity contribution >= 4 is 0 Å². The molecule has 0 amide bonds. The van der Waals surface area contributed by atoms with Crippen LogP contribution in [0.3, 0.4) is 0 Å². The first kappa shape index (κ1) is 10.7. The first-order valence-corrected chi connectivity index (χ1v) is 3.99. The van der Waals surface area contributed by atoms with Crippen molar-refractivity contribution in [2.24, 2.45) is 5.73 Å². The van der Waals surface area contributed by atoms with Gasteiger partial charge in [0.1, 0.15) is 0 Å². The molecule has 0 aromatic carbocycles. The molecule has 0 aromatic rings. The van der Waals surface area contributed by atoms with Crippen LogP contribution in [0.15, 0.2) is 0 Å². The van der Waals surface area contributed by atoms with E-state index in [9.17, 15) is 13.2 Å². The van der Waals surface area contributed by atoms with Crippen LogP contribution in [0.4, 0.5) is 13.2 Å². The van der Waals surface area contributed by atoms with Crippen molar-refractivity contribution in [2.75, 3.05) is 19.6 Å². The summed E-state index contributed by atoms with van der Waals surface area (Å²) in [7, 11) is 0. The first-order valence-electron chi connectivity index (χ1n) is 3.99. The zero-order valence-electron chi connectivity index (χ0n) is 7.30. The van der Waals surface area contributed by atoms with Crippen LogP contribution < -0.4 is 5.73 Å². The predicted molar refractivity (Wildman–Crippen MR) is 41.1 cm³/mol. The summed E-state index contributed by atoms with van der Waals surface area (Å²) in [5.41, 5.74) is 2.76. The van der Waals surface area contributed by atoms with Crippen LogP contribution in [0.2, 0.25) is 0 Å². The average molecular weight is 198 g/mol. The molecule has 0 aliphatic carbocycles. The van der Waals surface area contributed by atoms with Gasteiger partial charge in [-0.25, -0.2) is 0 Å². The van der Waals surface area contributed by atoms with E-state index in [1.807, 2.05) is 0 Å². The lowest BCUT2D eigenvalue weighted by Gasteiger charge is -2.41. The van der Waals surface area contributed by atoms with Gasteiger partial charge in [0, 0.05) is 25.7 Å². The molecule has 1 unspecified atom stereocenters.